The molecule has 15 heavy (non-hydrogen) atoms. The second-order valence-corrected chi connectivity index (χ2v) is 10.1. The molecule has 0 saturated carbocycles. The Morgan fingerprint density at radius 3 is 2.07 bits per heavy atom. The van der Waals surface area contributed by atoms with Crippen LogP contribution in [0.1, 0.15) is 20.8 Å². The summed E-state index contributed by atoms with van der Waals surface area (Å²) >= 11 is 0. The standard InChI is InChI=1S/C11H24O3Si/c1-9(7-12)10(8-13)14-15(5,6)11(2,3)4/h10,12-13H,1,7-8H2,2-6H3/t10-/m1/s1. The molecule has 0 aliphatic heterocycles. The third-order valence-electron chi connectivity index (χ3n) is 3.07. The van der Waals surface area contributed by atoms with Gasteiger partial charge in [0.25, 0.3) is 0 Å². The van der Waals surface area contributed by atoms with Crippen molar-refractivity contribution < 1.29 is 14.6 Å². The normalized spacial score (nSPS) is 15.1. The van der Waals surface area contributed by atoms with E-state index in [1.54, 1.807) is 0 Å². The van der Waals surface area contributed by atoms with E-state index in [4.69, 9.17) is 9.53 Å². The summed E-state index contributed by atoms with van der Waals surface area (Å²) in [6.07, 6.45) is -0.434. The zero-order valence-electron chi connectivity index (χ0n) is 10.5. The van der Waals surface area contributed by atoms with Gasteiger partial charge in [-0.2, -0.15) is 0 Å². The molecule has 0 rings (SSSR count). The van der Waals surface area contributed by atoms with Crippen LogP contribution in [0.25, 0.3) is 0 Å². The molecule has 0 saturated heterocycles. The molecule has 0 aromatic carbocycles. The first kappa shape index (κ1) is 14.8. The van der Waals surface area contributed by atoms with Crippen LogP contribution in [0.2, 0.25) is 18.1 Å². The first-order valence-corrected chi connectivity index (χ1v) is 8.13. The third kappa shape index (κ3) is 4.07. The van der Waals surface area contributed by atoms with E-state index in [9.17, 15) is 5.11 Å². The highest BCUT2D eigenvalue weighted by atomic mass is 28.4. The SMILES string of the molecule is C=C(CO)[C@@H](CO)O[Si](C)(C)C(C)(C)C. The van der Waals surface area contributed by atoms with Gasteiger partial charge >= 0.3 is 0 Å². The molecule has 0 aliphatic carbocycles. The molecule has 0 heterocycles. The van der Waals surface area contributed by atoms with Gasteiger partial charge in [0, 0.05) is 0 Å². The van der Waals surface area contributed by atoms with Gasteiger partial charge in [-0.25, -0.2) is 0 Å². The van der Waals surface area contributed by atoms with Gasteiger partial charge in [-0.3, -0.25) is 0 Å². The molecule has 4 heteroatoms. The molecule has 3 nitrogen and oxygen atoms in total. The molecule has 2 N–H and O–H groups in total. The predicted octanol–water partition coefficient (Wildman–Crippen LogP) is 1.92. The maximum Gasteiger partial charge on any atom is 0.193 e. The van der Waals surface area contributed by atoms with E-state index >= 15 is 0 Å². The number of hydrogen-bond donors (Lipinski definition) is 2. The van der Waals surface area contributed by atoms with E-state index in [0.717, 1.165) is 0 Å². The van der Waals surface area contributed by atoms with E-state index in [2.05, 4.69) is 40.4 Å². The van der Waals surface area contributed by atoms with Crippen molar-refractivity contribution in [2.45, 2.75) is 45.0 Å². The molecule has 0 bridgehead atoms. The van der Waals surface area contributed by atoms with Gasteiger partial charge in [0.05, 0.1) is 19.3 Å². The van der Waals surface area contributed by atoms with Gasteiger partial charge in [0.2, 0.25) is 0 Å². The topological polar surface area (TPSA) is 49.7 Å². The van der Waals surface area contributed by atoms with Crippen molar-refractivity contribution in [1.29, 1.82) is 0 Å². The Morgan fingerprint density at radius 2 is 1.80 bits per heavy atom. The molecule has 0 aromatic heterocycles. The second-order valence-electron chi connectivity index (χ2n) is 5.37. The lowest BCUT2D eigenvalue weighted by molar-refractivity contribution is 0.118. The summed E-state index contributed by atoms with van der Waals surface area (Å²) in [5.74, 6) is 0. The van der Waals surface area contributed by atoms with Crippen LogP contribution < -0.4 is 0 Å². The van der Waals surface area contributed by atoms with E-state index in [0.29, 0.717) is 5.57 Å². The Balaban J connectivity index is 4.62. The second kappa shape index (κ2) is 5.25. The molecular weight excluding hydrogens is 208 g/mol. The fraction of sp³-hybridized carbons (Fsp3) is 0.818. The Hall–Kier alpha value is -0.163. The first-order chi connectivity index (χ1) is 6.65. The molecule has 0 unspecified atom stereocenters. The van der Waals surface area contributed by atoms with Crippen LogP contribution in [-0.4, -0.2) is 37.8 Å². The minimum Gasteiger partial charge on any atom is -0.408 e. The zero-order chi connectivity index (χ0) is 12.3. The van der Waals surface area contributed by atoms with E-state index in [1.165, 1.54) is 0 Å². The van der Waals surface area contributed by atoms with Gasteiger partial charge in [-0.15, -0.1) is 0 Å². The van der Waals surface area contributed by atoms with Crippen molar-refractivity contribution in [2.24, 2.45) is 0 Å². The van der Waals surface area contributed by atoms with Crippen LogP contribution in [0, 0.1) is 0 Å². The Kier molecular flexibility index (Phi) is 5.19. The number of rotatable bonds is 5. The monoisotopic (exact) mass is 232 g/mol. The molecule has 0 spiro atoms. The predicted molar refractivity (Wildman–Crippen MR) is 65.4 cm³/mol. The summed E-state index contributed by atoms with van der Waals surface area (Å²) < 4.78 is 5.93. The average molecular weight is 232 g/mol. The maximum absolute atomic E-state index is 9.18. The van der Waals surface area contributed by atoms with Crippen molar-refractivity contribution in [2.75, 3.05) is 13.2 Å². The minimum absolute atomic E-state index is 0.0934. The summed E-state index contributed by atoms with van der Waals surface area (Å²) in [6.45, 7) is 14.1. The van der Waals surface area contributed by atoms with Crippen molar-refractivity contribution in [3.05, 3.63) is 12.2 Å². The Bertz CT molecular complexity index is 218. The van der Waals surface area contributed by atoms with Crippen molar-refractivity contribution in [1.82, 2.24) is 0 Å². The van der Waals surface area contributed by atoms with Gasteiger partial charge in [0.1, 0.15) is 0 Å². The van der Waals surface area contributed by atoms with Crippen LogP contribution in [0.3, 0.4) is 0 Å². The van der Waals surface area contributed by atoms with Crippen LogP contribution in [-0.2, 0) is 4.43 Å². The highest BCUT2D eigenvalue weighted by Crippen LogP contribution is 2.37. The average Bonchev–Trinajstić information content (AvgIpc) is 2.11. The first-order valence-electron chi connectivity index (χ1n) is 5.23. The van der Waals surface area contributed by atoms with E-state index < -0.39 is 14.4 Å². The smallest absolute Gasteiger partial charge is 0.193 e. The largest absolute Gasteiger partial charge is 0.408 e. The number of hydrogen-bond acceptors (Lipinski definition) is 3. The van der Waals surface area contributed by atoms with Crippen LogP contribution in [0.4, 0.5) is 0 Å². The molecule has 0 fully saturated rings. The van der Waals surface area contributed by atoms with Gasteiger partial charge in [-0.1, -0.05) is 27.4 Å². The summed E-state index contributed by atoms with van der Waals surface area (Å²) in [7, 11) is -1.90. The lowest BCUT2D eigenvalue weighted by Crippen LogP contribution is -2.45. The van der Waals surface area contributed by atoms with Crippen LogP contribution >= 0.6 is 0 Å². The quantitative estimate of drug-likeness (QED) is 0.562. The summed E-state index contributed by atoms with van der Waals surface area (Å²) in [5.41, 5.74) is 0.544. The van der Waals surface area contributed by atoms with Gasteiger partial charge < -0.3 is 14.6 Å². The Labute approximate surface area is 93.9 Å². The van der Waals surface area contributed by atoms with Crippen LogP contribution in [0.5, 0.6) is 0 Å². The number of aliphatic hydroxyl groups is 2. The molecule has 0 aromatic rings. The van der Waals surface area contributed by atoms with Crippen molar-refractivity contribution in [3.63, 3.8) is 0 Å². The Morgan fingerprint density at radius 1 is 1.33 bits per heavy atom. The molecule has 0 radical (unpaired) electrons. The minimum atomic E-state index is -1.90. The lowest BCUT2D eigenvalue weighted by atomic mass is 10.2. The highest BCUT2D eigenvalue weighted by Gasteiger charge is 2.39. The fourth-order valence-corrected chi connectivity index (χ4v) is 2.19. The highest BCUT2D eigenvalue weighted by molar-refractivity contribution is 6.74. The summed E-state index contributed by atoms with van der Waals surface area (Å²) in [5, 5.41) is 18.2. The fourth-order valence-electron chi connectivity index (χ4n) is 0.884. The van der Waals surface area contributed by atoms with Gasteiger partial charge in [0.15, 0.2) is 8.32 Å². The zero-order valence-corrected chi connectivity index (χ0v) is 11.5. The third-order valence-corrected chi connectivity index (χ3v) is 7.55. The lowest BCUT2D eigenvalue weighted by Gasteiger charge is -2.39. The molecule has 0 aliphatic rings. The van der Waals surface area contributed by atoms with Crippen molar-refractivity contribution >= 4 is 8.32 Å². The number of aliphatic hydroxyl groups excluding tert-OH is 2. The molecular formula is C11H24O3Si. The molecule has 0 amide bonds. The summed E-state index contributed by atoms with van der Waals surface area (Å²) in [4.78, 5) is 0. The van der Waals surface area contributed by atoms with E-state index in [1.807, 2.05) is 0 Å². The van der Waals surface area contributed by atoms with E-state index in [-0.39, 0.29) is 18.3 Å². The van der Waals surface area contributed by atoms with Crippen LogP contribution in [0.15, 0.2) is 12.2 Å². The van der Waals surface area contributed by atoms with Crippen molar-refractivity contribution in [3.8, 4) is 0 Å². The summed E-state index contributed by atoms with van der Waals surface area (Å²) in [6, 6.07) is 0. The van der Waals surface area contributed by atoms with Gasteiger partial charge in [-0.05, 0) is 23.7 Å². The molecule has 1 atom stereocenters. The maximum atomic E-state index is 9.18. The molecule has 90 valence electrons.